The van der Waals surface area contributed by atoms with Crippen LogP contribution in [0.4, 0.5) is 5.69 Å². The number of piperidine rings is 1. The minimum atomic E-state index is 1.07. The summed E-state index contributed by atoms with van der Waals surface area (Å²) in [5, 5.41) is 1.25. The van der Waals surface area contributed by atoms with Gasteiger partial charge >= 0.3 is 0 Å². The van der Waals surface area contributed by atoms with Gasteiger partial charge in [0, 0.05) is 30.4 Å². The van der Waals surface area contributed by atoms with Gasteiger partial charge in [0.25, 0.3) is 0 Å². The van der Waals surface area contributed by atoms with E-state index >= 15 is 0 Å². The average Bonchev–Trinajstić information content (AvgIpc) is 2.62. The first kappa shape index (κ1) is 14.3. The molecule has 0 atom stereocenters. The van der Waals surface area contributed by atoms with E-state index in [9.17, 15) is 0 Å². The lowest BCUT2D eigenvalue weighted by Gasteiger charge is -2.29. The van der Waals surface area contributed by atoms with Crippen LogP contribution < -0.4 is 4.90 Å². The van der Waals surface area contributed by atoms with Gasteiger partial charge in [0.2, 0.25) is 0 Å². The van der Waals surface area contributed by atoms with Crippen LogP contribution in [0.5, 0.6) is 0 Å². The summed E-state index contributed by atoms with van der Waals surface area (Å²) in [5.74, 6) is 0. The maximum Gasteiger partial charge on any atom is 0.0709 e. The summed E-state index contributed by atoms with van der Waals surface area (Å²) in [5.41, 5.74) is 6.23. The molecule has 1 fully saturated rings. The van der Waals surface area contributed by atoms with Gasteiger partial charge in [0.1, 0.15) is 0 Å². The summed E-state index contributed by atoms with van der Waals surface area (Å²) in [4.78, 5) is 7.06. The number of hydrogen-bond acceptors (Lipinski definition) is 2. The van der Waals surface area contributed by atoms with E-state index < -0.39 is 0 Å². The molecule has 0 aliphatic carbocycles. The van der Waals surface area contributed by atoms with Crippen LogP contribution in [-0.2, 0) is 0 Å². The zero-order valence-corrected chi connectivity index (χ0v) is 13.6. The van der Waals surface area contributed by atoms with Gasteiger partial charge in [-0.15, -0.1) is 0 Å². The predicted molar refractivity (Wildman–Crippen MR) is 98.0 cm³/mol. The van der Waals surface area contributed by atoms with Crippen LogP contribution in [0.3, 0.4) is 0 Å². The van der Waals surface area contributed by atoms with E-state index in [-0.39, 0.29) is 0 Å². The summed E-state index contributed by atoms with van der Waals surface area (Å²) >= 11 is 0. The molecule has 0 N–H and O–H groups in total. The highest BCUT2D eigenvalue weighted by molar-refractivity contribution is 5.96. The quantitative estimate of drug-likeness (QED) is 0.646. The van der Waals surface area contributed by atoms with Crippen LogP contribution >= 0.6 is 0 Å². The van der Waals surface area contributed by atoms with E-state index in [1.54, 1.807) is 0 Å². The van der Waals surface area contributed by atoms with E-state index in [4.69, 9.17) is 0 Å². The Hall–Kier alpha value is -2.35. The van der Waals surface area contributed by atoms with Crippen LogP contribution in [0.25, 0.3) is 22.0 Å². The summed E-state index contributed by atoms with van der Waals surface area (Å²) in [6.07, 6.45) is 5.88. The highest BCUT2D eigenvalue weighted by Crippen LogP contribution is 2.31. The number of fused-ring (bicyclic) bond motifs is 1. The molecule has 116 valence electrons. The molecule has 0 bridgehead atoms. The number of aromatic nitrogens is 1. The molecule has 4 rings (SSSR count). The normalized spacial score (nSPS) is 15.1. The van der Waals surface area contributed by atoms with Crippen molar-refractivity contribution in [1.82, 2.24) is 4.98 Å². The van der Waals surface area contributed by atoms with Crippen molar-refractivity contribution in [2.45, 2.75) is 26.2 Å². The molecule has 0 spiro atoms. The number of nitrogens with zero attached hydrogens (tertiary/aromatic N) is 2. The number of pyridine rings is 1. The summed E-state index contributed by atoms with van der Waals surface area (Å²) in [7, 11) is 0. The first-order valence-electron chi connectivity index (χ1n) is 8.52. The van der Waals surface area contributed by atoms with Crippen LogP contribution in [0, 0.1) is 6.92 Å². The molecule has 1 saturated heterocycles. The van der Waals surface area contributed by atoms with Gasteiger partial charge in [-0.1, -0.05) is 29.8 Å². The maximum absolute atomic E-state index is 4.55. The fourth-order valence-corrected chi connectivity index (χ4v) is 3.47. The van der Waals surface area contributed by atoms with Crippen LogP contribution in [-0.4, -0.2) is 18.1 Å². The molecular weight excluding hydrogens is 280 g/mol. The topological polar surface area (TPSA) is 16.1 Å². The number of anilines is 1. The second-order valence-electron chi connectivity index (χ2n) is 6.47. The van der Waals surface area contributed by atoms with Crippen molar-refractivity contribution in [3.63, 3.8) is 0 Å². The molecule has 1 aliphatic rings. The highest BCUT2D eigenvalue weighted by atomic mass is 15.1. The Balaban J connectivity index is 1.82. The van der Waals surface area contributed by atoms with E-state index in [1.807, 2.05) is 6.20 Å². The Bertz CT molecular complexity index is 815. The molecule has 1 aliphatic heterocycles. The number of hydrogen-bond donors (Lipinski definition) is 0. The Morgan fingerprint density at radius 3 is 2.43 bits per heavy atom. The molecule has 2 heterocycles. The average molecular weight is 302 g/mol. The molecule has 0 amide bonds. The van der Waals surface area contributed by atoms with E-state index in [0.717, 1.165) is 5.52 Å². The molecule has 0 saturated carbocycles. The highest BCUT2D eigenvalue weighted by Gasteiger charge is 2.12. The van der Waals surface area contributed by atoms with Gasteiger partial charge in [0.05, 0.1) is 5.52 Å². The second-order valence-corrected chi connectivity index (χ2v) is 6.47. The Morgan fingerprint density at radius 2 is 1.65 bits per heavy atom. The zero-order valence-electron chi connectivity index (χ0n) is 13.6. The fourth-order valence-electron chi connectivity index (χ4n) is 3.47. The number of aryl methyl sites for hydroxylation is 1. The van der Waals surface area contributed by atoms with Crippen LogP contribution in [0.1, 0.15) is 24.8 Å². The van der Waals surface area contributed by atoms with Gasteiger partial charge in [0.15, 0.2) is 0 Å². The Morgan fingerprint density at radius 1 is 0.870 bits per heavy atom. The van der Waals surface area contributed by atoms with Crippen LogP contribution in [0.2, 0.25) is 0 Å². The molecule has 2 heteroatoms. The third-order valence-corrected chi connectivity index (χ3v) is 4.81. The number of benzene rings is 2. The maximum atomic E-state index is 4.55. The molecule has 2 aromatic carbocycles. The van der Waals surface area contributed by atoms with E-state index in [2.05, 4.69) is 65.3 Å². The van der Waals surface area contributed by atoms with Gasteiger partial charge < -0.3 is 4.90 Å². The van der Waals surface area contributed by atoms with Crippen LogP contribution in [0.15, 0.2) is 54.7 Å². The smallest absolute Gasteiger partial charge is 0.0709 e. The standard InChI is InChI=1S/C21H22N2/c1-16-5-7-17(8-6-16)19-11-12-22-21-10-9-18(15-20(19)21)23-13-3-2-4-14-23/h5-12,15H,2-4,13-14H2,1H3. The lowest BCUT2D eigenvalue weighted by molar-refractivity contribution is 0.578. The largest absolute Gasteiger partial charge is 0.372 e. The Kier molecular flexibility index (Phi) is 3.74. The van der Waals surface area contributed by atoms with Gasteiger partial charge in [-0.25, -0.2) is 0 Å². The summed E-state index contributed by atoms with van der Waals surface area (Å²) in [6, 6.07) is 17.6. The van der Waals surface area contributed by atoms with Crippen molar-refractivity contribution in [3.8, 4) is 11.1 Å². The van der Waals surface area contributed by atoms with Crippen molar-refractivity contribution in [2.75, 3.05) is 18.0 Å². The third kappa shape index (κ3) is 2.81. The zero-order chi connectivity index (χ0) is 15.6. The monoisotopic (exact) mass is 302 g/mol. The lowest BCUT2D eigenvalue weighted by Crippen LogP contribution is -2.29. The first-order chi connectivity index (χ1) is 11.3. The lowest BCUT2D eigenvalue weighted by atomic mass is 9.99. The van der Waals surface area contributed by atoms with Crippen molar-refractivity contribution in [1.29, 1.82) is 0 Å². The van der Waals surface area contributed by atoms with Gasteiger partial charge in [-0.05, 0) is 61.6 Å². The Labute approximate surface area is 137 Å². The van der Waals surface area contributed by atoms with Gasteiger partial charge in [-0.2, -0.15) is 0 Å². The minimum absolute atomic E-state index is 1.07. The molecule has 3 aromatic rings. The van der Waals surface area contributed by atoms with Gasteiger partial charge in [-0.3, -0.25) is 4.98 Å². The molecule has 1 aromatic heterocycles. The first-order valence-corrected chi connectivity index (χ1v) is 8.52. The van der Waals surface area contributed by atoms with Crippen molar-refractivity contribution in [2.24, 2.45) is 0 Å². The van der Waals surface area contributed by atoms with Crippen molar-refractivity contribution < 1.29 is 0 Å². The van der Waals surface area contributed by atoms with Crippen molar-refractivity contribution in [3.05, 3.63) is 60.3 Å². The molecule has 23 heavy (non-hydrogen) atoms. The van der Waals surface area contributed by atoms with E-state index in [1.165, 1.54) is 60.1 Å². The molecule has 2 nitrogen and oxygen atoms in total. The summed E-state index contributed by atoms with van der Waals surface area (Å²) < 4.78 is 0. The third-order valence-electron chi connectivity index (χ3n) is 4.81. The fraction of sp³-hybridized carbons (Fsp3) is 0.286. The number of rotatable bonds is 2. The summed E-state index contributed by atoms with van der Waals surface area (Å²) in [6.45, 7) is 4.47. The van der Waals surface area contributed by atoms with Crippen molar-refractivity contribution >= 4 is 16.6 Å². The SMILES string of the molecule is Cc1ccc(-c2ccnc3ccc(N4CCCCC4)cc23)cc1. The molecule has 0 radical (unpaired) electrons. The predicted octanol–water partition coefficient (Wildman–Crippen LogP) is 5.20. The molecular formula is C21H22N2. The minimum Gasteiger partial charge on any atom is -0.372 e. The second kappa shape index (κ2) is 6.04. The molecule has 0 unspecified atom stereocenters. The van der Waals surface area contributed by atoms with E-state index in [0.29, 0.717) is 0 Å².